The zero-order valence-corrected chi connectivity index (χ0v) is 14.7. The van der Waals surface area contributed by atoms with Crippen LogP contribution in [-0.2, 0) is 4.79 Å². The molecular weight excluding hydrogens is 322 g/mol. The maximum absolute atomic E-state index is 11.2. The highest BCUT2D eigenvalue weighted by Crippen LogP contribution is 2.42. The van der Waals surface area contributed by atoms with Crippen LogP contribution in [0.25, 0.3) is 21.7 Å². The average molecular weight is 339 g/mol. The van der Waals surface area contributed by atoms with Gasteiger partial charge in [-0.25, -0.2) is 4.98 Å². The van der Waals surface area contributed by atoms with Crippen LogP contribution in [0, 0.1) is 0 Å². The van der Waals surface area contributed by atoms with Gasteiger partial charge in [0.25, 0.3) is 0 Å². The van der Waals surface area contributed by atoms with Gasteiger partial charge in [0.05, 0.1) is 15.3 Å². The molecule has 2 nitrogen and oxygen atoms in total. The molecule has 0 aliphatic carbocycles. The summed E-state index contributed by atoms with van der Waals surface area (Å²) >= 11 is 3.15. The number of rotatable bonds is 5. The molecule has 0 bridgehead atoms. The second kappa shape index (κ2) is 6.69. The minimum absolute atomic E-state index is 0.472. The molecule has 0 saturated heterocycles. The van der Waals surface area contributed by atoms with Gasteiger partial charge in [0.1, 0.15) is 6.29 Å². The van der Waals surface area contributed by atoms with E-state index in [2.05, 4.69) is 24.3 Å². The molecule has 2 aromatic carbocycles. The van der Waals surface area contributed by atoms with Gasteiger partial charge in [0.2, 0.25) is 0 Å². The third-order valence-electron chi connectivity index (χ3n) is 3.32. The molecule has 0 atom stereocenters. The average Bonchev–Trinajstić information content (AvgIpc) is 2.99. The van der Waals surface area contributed by atoms with Gasteiger partial charge in [-0.05, 0) is 19.4 Å². The van der Waals surface area contributed by atoms with Crippen molar-refractivity contribution in [3.05, 3.63) is 60.7 Å². The number of hydrogen-bond acceptors (Lipinski definition) is 4. The quantitative estimate of drug-likeness (QED) is 0.451. The predicted octanol–water partition coefficient (Wildman–Crippen LogP) is 5.55. The van der Waals surface area contributed by atoms with Crippen LogP contribution in [-0.4, -0.2) is 16.0 Å². The number of carbonyl (C=O) groups excluding carboxylic acids is 1. The van der Waals surface area contributed by atoms with Crippen LogP contribution < -0.4 is 0 Å². The number of benzene rings is 2. The van der Waals surface area contributed by atoms with Gasteiger partial charge in [-0.3, -0.25) is 0 Å². The third kappa shape index (κ3) is 3.71. The third-order valence-corrected chi connectivity index (χ3v) is 5.61. The molecule has 23 heavy (non-hydrogen) atoms. The number of aldehydes is 1. The molecule has 0 unspecified atom stereocenters. The maximum atomic E-state index is 11.2. The Balaban J connectivity index is 2.10. The molecule has 0 aliphatic heterocycles. The number of hydrogen-bond donors (Lipinski definition) is 0. The molecule has 0 amide bonds. The highest BCUT2D eigenvalue weighted by Gasteiger charge is 2.23. The lowest BCUT2D eigenvalue weighted by Gasteiger charge is -2.12. The number of carbonyl (C=O) groups is 1. The molecule has 0 N–H and O–H groups in total. The van der Waals surface area contributed by atoms with Crippen LogP contribution in [0.15, 0.2) is 65.0 Å². The first-order chi connectivity index (χ1) is 11.1. The van der Waals surface area contributed by atoms with Gasteiger partial charge in [0, 0.05) is 5.56 Å². The summed E-state index contributed by atoms with van der Waals surface area (Å²) in [5.41, 5.74) is 3.23. The lowest BCUT2D eigenvalue weighted by Crippen LogP contribution is -2.15. The molecule has 1 aromatic heterocycles. The molecule has 1 heterocycles. The van der Waals surface area contributed by atoms with Crippen molar-refractivity contribution < 1.29 is 4.79 Å². The summed E-state index contributed by atoms with van der Waals surface area (Å²) in [7, 11) is 0. The lowest BCUT2D eigenvalue weighted by molar-refractivity contribution is -0.109. The van der Waals surface area contributed by atoms with E-state index in [4.69, 9.17) is 4.98 Å². The summed E-state index contributed by atoms with van der Waals surface area (Å²) in [5.74, 6) is 0. The van der Waals surface area contributed by atoms with Crippen molar-refractivity contribution in [1.29, 1.82) is 0 Å². The summed E-state index contributed by atoms with van der Waals surface area (Å²) < 4.78 is 0.444. The molecule has 3 rings (SSSR count). The van der Waals surface area contributed by atoms with Crippen molar-refractivity contribution in [1.82, 2.24) is 4.98 Å². The smallest absolute Gasteiger partial charge is 0.152 e. The van der Waals surface area contributed by atoms with Crippen molar-refractivity contribution >= 4 is 29.4 Å². The molecule has 3 aromatic rings. The topological polar surface area (TPSA) is 30.0 Å². The molecular formula is C19H17NOS2. The Kier molecular flexibility index (Phi) is 4.64. The Hall–Kier alpha value is -1.91. The SMILES string of the molecule is CC(C)(C=O)Sc1nc(-c2ccccc2)c(-c2ccccc2)s1. The monoisotopic (exact) mass is 339 g/mol. The Bertz CT molecular complexity index is 738. The first-order valence-corrected chi connectivity index (χ1v) is 8.99. The van der Waals surface area contributed by atoms with Crippen molar-refractivity contribution in [3.8, 4) is 21.7 Å². The highest BCUT2D eigenvalue weighted by atomic mass is 32.2. The summed E-state index contributed by atoms with van der Waals surface area (Å²) in [4.78, 5) is 17.2. The van der Waals surface area contributed by atoms with Crippen molar-refractivity contribution in [3.63, 3.8) is 0 Å². The van der Waals surface area contributed by atoms with Crippen LogP contribution in [0.1, 0.15) is 13.8 Å². The number of thiazole rings is 1. The van der Waals surface area contributed by atoms with Crippen LogP contribution in [0.2, 0.25) is 0 Å². The van der Waals surface area contributed by atoms with Crippen LogP contribution in [0.4, 0.5) is 0 Å². The van der Waals surface area contributed by atoms with E-state index in [1.165, 1.54) is 11.8 Å². The van der Waals surface area contributed by atoms with E-state index in [1.807, 2.05) is 50.2 Å². The van der Waals surface area contributed by atoms with Gasteiger partial charge in [-0.1, -0.05) is 72.4 Å². The Morgan fingerprint density at radius 1 is 0.957 bits per heavy atom. The summed E-state index contributed by atoms with van der Waals surface area (Å²) in [6.07, 6.45) is 0.976. The van der Waals surface area contributed by atoms with Crippen LogP contribution in [0.3, 0.4) is 0 Å². The van der Waals surface area contributed by atoms with E-state index in [-0.39, 0.29) is 0 Å². The summed E-state index contributed by atoms with van der Waals surface area (Å²) in [5, 5.41) is 0. The van der Waals surface area contributed by atoms with Crippen molar-refractivity contribution in [2.24, 2.45) is 0 Å². The van der Waals surface area contributed by atoms with Gasteiger partial charge in [-0.15, -0.1) is 11.3 Å². The van der Waals surface area contributed by atoms with E-state index in [0.29, 0.717) is 0 Å². The number of thioether (sulfide) groups is 1. The molecule has 116 valence electrons. The fourth-order valence-corrected chi connectivity index (χ4v) is 4.69. The fourth-order valence-electron chi connectivity index (χ4n) is 2.17. The van der Waals surface area contributed by atoms with Crippen LogP contribution >= 0.6 is 23.1 Å². The number of nitrogens with zero attached hydrogens (tertiary/aromatic N) is 1. The van der Waals surface area contributed by atoms with Gasteiger partial charge in [-0.2, -0.15) is 0 Å². The van der Waals surface area contributed by atoms with E-state index in [0.717, 1.165) is 32.3 Å². The van der Waals surface area contributed by atoms with Gasteiger partial charge < -0.3 is 4.79 Å². The zero-order chi connectivity index (χ0) is 16.3. The standard InChI is InChI=1S/C19H17NOS2/c1-19(2,13-21)23-18-20-16(14-9-5-3-6-10-14)17(22-18)15-11-7-4-8-12-15/h3-13H,1-2H3. The van der Waals surface area contributed by atoms with Gasteiger partial charge >= 0.3 is 0 Å². The lowest BCUT2D eigenvalue weighted by atomic mass is 10.1. The van der Waals surface area contributed by atoms with E-state index >= 15 is 0 Å². The summed E-state index contributed by atoms with van der Waals surface area (Å²) in [6, 6.07) is 20.5. The molecule has 0 fully saturated rings. The van der Waals surface area contributed by atoms with Crippen molar-refractivity contribution in [2.45, 2.75) is 22.9 Å². The molecule has 0 radical (unpaired) electrons. The van der Waals surface area contributed by atoms with E-state index in [1.54, 1.807) is 11.3 Å². The van der Waals surface area contributed by atoms with Gasteiger partial charge in [0.15, 0.2) is 4.34 Å². The predicted molar refractivity (Wildman–Crippen MR) is 99.0 cm³/mol. The second-order valence-electron chi connectivity index (χ2n) is 5.71. The van der Waals surface area contributed by atoms with Crippen LogP contribution in [0.5, 0.6) is 0 Å². The Morgan fingerprint density at radius 2 is 1.52 bits per heavy atom. The normalized spacial score (nSPS) is 11.4. The minimum atomic E-state index is -0.472. The number of aromatic nitrogens is 1. The summed E-state index contributed by atoms with van der Waals surface area (Å²) in [6.45, 7) is 3.83. The molecule has 4 heteroatoms. The maximum Gasteiger partial charge on any atom is 0.152 e. The van der Waals surface area contributed by atoms with E-state index < -0.39 is 4.75 Å². The molecule has 0 saturated carbocycles. The largest absolute Gasteiger partial charge is 0.302 e. The van der Waals surface area contributed by atoms with Crippen molar-refractivity contribution in [2.75, 3.05) is 0 Å². The molecule has 0 spiro atoms. The fraction of sp³-hybridized carbons (Fsp3) is 0.158. The highest BCUT2D eigenvalue weighted by molar-refractivity contribution is 8.03. The second-order valence-corrected chi connectivity index (χ2v) is 8.61. The Morgan fingerprint density at radius 3 is 2.09 bits per heavy atom. The first-order valence-electron chi connectivity index (χ1n) is 7.36. The first kappa shape index (κ1) is 16.0. The minimum Gasteiger partial charge on any atom is -0.302 e. The molecule has 0 aliphatic rings. The van der Waals surface area contributed by atoms with E-state index in [9.17, 15) is 4.79 Å². The zero-order valence-electron chi connectivity index (χ0n) is 13.0. The Labute approximate surface area is 144 Å².